The zero-order valence-corrected chi connectivity index (χ0v) is 13.3. The maximum Gasteiger partial charge on any atom is 0.138 e. The van der Waals surface area contributed by atoms with E-state index < -0.39 is 0 Å². The molecule has 1 N–H and O–H groups in total. The summed E-state index contributed by atoms with van der Waals surface area (Å²) < 4.78 is 0.747. The number of aryl methyl sites for hydroxylation is 2. The van der Waals surface area contributed by atoms with Crippen LogP contribution >= 0.6 is 22.9 Å². The molecule has 0 atom stereocenters. The summed E-state index contributed by atoms with van der Waals surface area (Å²) in [6.07, 6.45) is 2.12. The summed E-state index contributed by atoms with van der Waals surface area (Å²) in [5.41, 5.74) is 1.36. The van der Waals surface area contributed by atoms with E-state index in [1.54, 1.807) is 0 Å². The molecule has 0 radical (unpaired) electrons. The predicted molar refractivity (Wildman–Crippen MR) is 90.4 cm³/mol. The highest BCUT2D eigenvalue weighted by atomic mass is 35.5. The third-order valence-corrected chi connectivity index (χ3v) is 4.41. The number of hydrogen-bond acceptors (Lipinski definition) is 4. The molecule has 3 nitrogen and oxygen atoms in total. The molecule has 21 heavy (non-hydrogen) atoms. The van der Waals surface area contributed by atoms with E-state index in [-0.39, 0.29) is 0 Å². The number of nitrogens with one attached hydrogen (secondary N) is 1. The van der Waals surface area contributed by atoms with Crippen LogP contribution in [0.5, 0.6) is 0 Å². The van der Waals surface area contributed by atoms with Crippen LogP contribution in [0.3, 0.4) is 0 Å². The number of thiophene rings is 1. The molecule has 0 unspecified atom stereocenters. The SMILES string of the molecule is Cc1nc(NCCCc2ccccc2)c2cc(Cl)sc2n1. The lowest BCUT2D eigenvalue weighted by molar-refractivity contribution is 0.858. The minimum Gasteiger partial charge on any atom is -0.369 e. The summed E-state index contributed by atoms with van der Waals surface area (Å²) in [5.74, 6) is 1.65. The van der Waals surface area contributed by atoms with E-state index in [1.807, 2.05) is 19.1 Å². The molecule has 0 saturated carbocycles. The topological polar surface area (TPSA) is 37.8 Å². The fraction of sp³-hybridized carbons (Fsp3) is 0.250. The number of benzene rings is 1. The average molecular weight is 318 g/mol. The molecule has 0 bridgehead atoms. The summed E-state index contributed by atoms with van der Waals surface area (Å²) in [7, 11) is 0. The van der Waals surface area contributed by atoms with Gasteiger partial charge in [-0.25, -0.2) is 9.97 Å². The Hall–Kier alpha value is -1.65. The standard InChI is InChI=1S/C16H16ClN3S/c1-11-19-15(13-10-14(17)21-16(13)20-11)18-9-5-8-12-6-3-2-4-7-12/h2-4,6-7,10H,5,8-9H2,1H3,(H,18,19,20). The molecule has 0 saturated heterocycles. The summed E-state index contributed by atoms with van der Waals surface area (Å²) >= 11 is 7.56. The molecule has 5 heteroatoms. The molecule has 3 rings (SSSR count). The second-order valence-corrected chi connectivity index (χ2v) is 6.57. The van der Waals surface area contributed by atoms with Crippen molar-refractivity contribution in [3.63, 3.8) is 0 Å². The van der Waals surface area contributed by atoms with Gasteiger partial charge in [0.2, 0.25) is 0 Å². The van der Waals surface area contributed by atoms with Gasteiger partial charge in [-0.1, -0.05) is 41.9 Å². The summed E-state index contributed by atoms with van der Waals surface area (Å²) in [6.45, 7) is 2.79. The van der Waals surface area contributed by atoms with Gasteiger partial charge in [-0.3, -0.25) is 0 Å². The molecule has 0 amide bonds. The van der Waals surface area contributed by atoms with E-state index in [2.05, 4.69) is 39.6 Å². The Morgan fingerprint density at radius 1 is 1.19 bits per heavy atom. The Labute approximate surface area is 133 Å². The van der Waals surface area contributed by atoms with Crippen LogP contribution in [0.2, 0.25) is 4.34 Å². The second-order valence-electron chi connectivity index (χ2n) is 4.90. The molecular formula is C16H16ClN3S. The molecule has 0 aliphatic carbocycles. The molecule has 3 aromatic rings. The first-order chi connectivity index (χ1) is 10.2. The van der Waals surface area contributed by atoms with E-state index in [4.69, 9.17) is 11.6 Å². The molecule has 0 fully saturated rings. The highest BCUT2D eigenvalue weighted by molar-refractivity contribution is 7.22. The minimum atomic E-state index is 0.747. The van der Waals surface area contributed by atoms with Gasteiger partial charge in [0.15, 0.2) is 0 Å². The van der Waals surface area contributed by atoms with Crippen molar-refractivity contribution < 1.29 is 0 Å². The summed E-state index contributed by atoms with van der Waals surface area (Å²) in [4.78, 5) is 9.84. The van der Waals surface area contributed by atoms with Gasteiger partial charge in [0.25, 0.3) is 0 Å². The van der Waals surface area contributed by atoms with Gasteiger partial charge in [-0.05, 0) is 31.4 Å². The Balaban J connectivity index is 1.65. The van der Waals surface area contributed by atoms with E-state index >= 15 is 0 Å². The third-order valence-electron chi connectivity index (χ3n) is 3.25. The number of anilines is 1. The lowest BCUT2D eigenvalue weighted by Gasteiger charge is -2.07. The minimum absolute atomic E-state index is 0.747. The highest BCUT2D eigenvalue weighted by Gasteiger charge is 2.09. The number of fused-ring (bicyclic) bond motifs is 1. The second kappa shape index (κ2) is 6.41. The lowest BCUT2D eigenvalue weighted by atomic mass is 10.1. The van der Waals surface area contributed by atoms with E-state index in [1.165, 1.54) is 16.9 Å². The van der Waals surface area contributed by atoms with Crippen molar-refractivity contribution in [1.29, 1.82) is 0 Å². The molecule has 0 aliphatic rings. The zero-order chi connectivity index (χ0) is 14.7. The van der Waals surface area contributed by atoms with Gasteiger partial charge in [0, 0.05) is 6.54 Å². The quantitative estimate of drug-likeness (QED) is 0.693. The summed E-state index contributed by atoms with van der Waals surface area (Å²) in [6, 6.07) is 12.4. The van der Waals surface area contributed by atoms with Crippen molar-refractivity contribution in [2.75, 3.05) is 11.9 Å². The Kier molecular flexibility index (Phi) is 4.36. The van der Waals surface area contributed by atoms with Crippen molar-refractivity contribution in [2.24, 2.45) is 0 Å². The molecular weight excluding hydrogens is 302 g/mol. The number of aromatic nitrogens is 2. The van der Waals surface area contributed by atoms with Crippen LogP contribution in [0.4, 0.5) is 5.82 Å². The number of rotatable bonds is 5. The van der Waals surface area contributed by atoms with E-state index in [0.717, 1.165) is 45.6 Å². The van der Waals surface area contributed by atoms with E-state index in [9.17, 15) is 0 Å². The Bertz CT molecular complexity index is 740. The van der Waals surface area contributed by atoms with Crippen molar-refractivity contribution in [3.8, 4) is 0 Å². The predicted octanol–water partition coefficient (Wildman–Crippen LogP) is 4.70. The van der Waals surface area contributed by atoms with Gasteiger partial charge in [-0.15, -0.1) is 11.3 Å². The van der Waals surface area contributed by atoms with Gasteiger partial charge in [0.1, 0.15) is 16.5 Å². The Morgan fingerprint density at radius 2 is 2.00 bits per heavy atom. The molecule has 108 valence electrons. The maximum atomic E-state index is 6.07. The normalized spacial score (nSPS) is 11.0. The first-order valence-electron chi connectivity index (χ1n) is 6.94. The monoisotopic (exact) mass is 317 g/mol. The molecule has 1 aromatic carbocycles. The zero-order valence-electron chi connectivity index (χ0n) is 11.8. The van der Waals surface area contributed by atoms with Crippen molar-refractivity contribution in [3.05, 3.63) is 52.1 Å². The Morgan fingerprint density at radius 3 is 2.81 bits per heavy atom. The lowest BCUT2D eigenvalue weighted by Crippen LogP contribution is -2.06. The van der Waals surface area contributed by atoms with Gasteiger partial charge in [0.05, 0.1) is 9.72 Å². The van der Waals surface area contributed by atoms with Crippen LogP contribution in [-0.4, -0.2) is 16.5 Å². The van der Waals surface area contributed by atoms with Gasteiger partial charge >= 0.3 is 0 Å². The van der Waals surface area contributed by atoms with E-state index in [0.29, 0.717) is 0 Å². The fourth-order valence-corrected chi connectivity index (χ4v) is 3.41. The number of halogens is 1. The molecule has 2 aromatic heterocycles. The van der Waals surface area contributed by atoms with Gasteiger partial charge < -0.3 is 5.32 Å². The first-order valence-corrected chi connectivity index (χ1v) is 8.13. The number of hydrogen-bond donors (Lipinski definition) is 1. The average Bonchev–Trinajstić information content (AvgIpc) is 2.84. The van der Waals surface area contributed by atoms with Gasteiger partial charge in [-0.2, -0.15) is 0 Å². The maximum absolute atomic E-state index is 6.07. The van der Waals surface area contributed by atoms with Crippen LogP contribution in [0.1, 0.15) is 17.8 Å². The van der Waals surface area contributed by atoms with Crippen LogP contribution in [0.15, 0.2) is 36.4 Å². The molecule has 0 aliphatic heterocycles. The van der Waals surface area contributed by atoms with Crippen LogP contribution < -0.4 is 5.32 Å². The molecule has 2 heterocycles. The van der Waals surface area contributed by atoms with Crippen molar-refractivity contribution >= 4 is 39.0 Å². The van der Waals surface area contributed by atoms with Crippen LogP contribution in [-0.2, 0) is 6.42 Å². The fourth-order valence-electron chi connectivity index (χ4n) is 2.28. The highest BCUT2D eigenvalue weighted by Crippen LogP contribution is 2.31. The van der Waals surface area contributed by atoms with Crippen molar-refractivity contribution in [1.82, 2.24) is 9.97 Å². The number of nitrogens with zero attached hydrogens (tertiary/aromatic N) is 2. The third kappa shape index (κ3) is 3.52. The largest absolute Gasteiger partial charge is 0.369 e. The van der Waals surface area contributed by atoms with Crippen molar-refractivity contribution in [2.45, 2.75) is 19.8 Å². The first kappa shape index (κ1) is 14.3. The molecule has 0 spiro atoms. The van der Waals surface area contributed by atoms with Crippen LogP contribution in [0, 0.1) is 6.92 Å². The van der Waals surface area contributed by atoms with Crippen LogP contribution in [0.25, 0.3) is 10.2 Å². The summed E-state index contributed by atoms with van der Waals surface area (Å²) in [5, 5.41) is 4.42. The smallest absolute Gasteiger partial charge is 0.138 e.